The summed E-state index contributed by atoms with van der Waals surface area (Å²) in [6, 6.07) is 21.6. The summed E-state index contributed by atoms with van der Waals surface area (Å²) in [5.41, 5.74) is 1.87. The Bertz CT molecular complexity index is 1180. The number of rotatable bonds is 9. The molecule has 0 fully saturated rings. The maximum absolute atomic E-state index is 12.3. The minimum absolute atomic E-state index is 0.0143. The molecule has 0 aliphatic carbocycles. The summed E-state index contributed by atoms with van der Waals surface area (Å²) in [5, 5.41) is 3.09. The molecule has 7 nitrogen and oxygen atoms in total. The van der Waals surface area contributed by atoms with E-state index in [1.807, 2.05) is 18.2 Å². The minimum atomic E-state index is -3.76. The van der Waals surface area contributed by atoms with Crippen molar-refractivity contribution in [3.63, 3.8) is 0 Å². The fourth-order valence-corrected chi connectivity index (χ4v) is 4.05. The van der Waals surface area contributed by atoms with Crippen molar-refractivity contribution in [3.8, 4) is 0 Å². The molecular weight excluding hydrogens is 452 g/mol. The standard InChI is InChI=1S/C23H21ClN2O5S/c24-19-5-4-8-21(15-19)32(29,30)25-14-13-22(27)31-16-17-9-11-18(12-10-17)23(28)26-20-6-2-1-3-7-20/h1-12,15,25H,13-14,16H2,(H,26,28). The van der Waals surface area contributed by atoms with Crippen LogP contribution >= 0.6 is 11.6 Å². The maximum Gasteiger partial charge on any atom is 0.307 e. The van der Waals surface area contributed by atoms with Crippen molar-refractivity contribution in [2.24, 2.45) is 0 Å². The van der Waals surface area contributed by atoms with E-state index in [4.69, 9.17) is 16.3 Å². The Morgan fingerprint density at radius 2 is 1.62 bits per heavy atom. The molecule has 0 saturated carbocycles. The van der Waals surface area contributed by atoms with Crippen molar-refractivity contribution >= 4 is 39.2 Å². The lowest BCUT2D eigenvalue weighted by Gasteiger charge is -2.08. The Morgan fingerprint density at radius 1 is 0.906 bits per heavy atom. The maximum atomic E-state index is 12.3. The quantitative estimate of drug-likeness (QED) is 0.458. The molecule has 0 aromatic heterocycles. The molecule has 3 aromatic carbocycles. The first-order valence-corrected chi connectivity index (χ1v) is 11.6. The summed E-state index contributed by atoms with van der Waals surface area (Å²) in [4.78, 5) is 24.2. The van der Waals surface area contributed by atoms with E-state index in [1.165, 1.54) is 18.2 Å². The highest BCUT2D eigenvalue weighted by molar-refractivity contribution is 7.89. The molecule has 3 aromatic rings. The van der Waals surface area contributed by atoms with Gasteiger partial charge in [0.2, 0.25) is 10.0 Å². The van der Waals surface area contributed by atoms with Crippen molar-refractivity contribution in [1.29, 1.82) is 0 Å². The topological polar surface area (TPSA) is 102 Å². The molecule has 0 radical (unpaired) electrons. The Balaban J connectivity index is 1.43. The van der Waals surface area contributed by atoms with E-state index in [0.29, 0.717) is 21.8 Å². The third-order valence-corrected chi connectivity index (χ3v) is 6.07. The lowest BCUT2D eigenvalue weighted by molar-refractivity contribution is -0.144. The van der Waals surface area contributed by atoms with Crippen LogP contribution < -0.4 is 10.0 Å². The second kappa shape index (κ2) is 10.9. The first-order valence-electron chi connectivity index (χ1n) is 9.70. The van der Waals surface area contributed by atoms with Gasteiger partial charge in [0.05, 0.1) is 11.3 Å². The zero-order valence-electron chi connectivity index (χ0n) is 17.0. The molecule has 0 bridgehead atoms. The monoisotopic (exact) mass is 472 g/mol. The fourth-order valence-electron chi connectivity index (χ4n) is 2.72. The van der Waals surface area contributed by atoms with Gasteiger partial charge in [-0.05, 0) is 48.0 Å². The molecule has 1 amide bonds. The summed E-state index contributed by atoms with van der Waals surface area (Å²) in [7, 11) is -3.76. The van der Waals surface area contributed by atoms with Crippen molar-refractivity contribution in [2.45, 2.75) is 17.9 Å². The number of hydrogen-bond donors (Lipinski definition) is 2. The number of sulfonamides is 1. The van der Waals surface area contributed by atoms with Crippen LogP contribution in [0.1, 0.15) is 22.3 Å². The number of nitrogens with one attached hydrogen (secondary N) is 2. The Hall–Kier alpha value is -3.20. The van der Waals surface area contributed by atoms with Gasteiger partial charge in [0.1, 0.15) is 6.61 Å². The first kappa shape index (κ1) is 23.5. The zero-order valence-corrected chi connectivity index (χ0v) is 18.5. The average molecular weight is 473 g/mol. The average Bonchev–Trinajstić information content (AvgIpc) is 2.78. The number of carbonyl (C=O) groups is 2. The molecule has 166 valence electrons. The normalized spacial score (nSPS) is 11.0. The van der Waals surface area contributed by atoms with E-state index in [0.717, 1.165) is 0 Å². The number of ether oxygens (including phenoxy) is 1. The molecule has 0 unspecified atom stereocenters. The van der Waals surface area contributed by atoms with Crippen LogP contribution in [0, 0.1) is 0 Å². The number of esters is 1. The number of halogens is 1. The van der Waals surface area contributed by atoms with Crippen LogP contribution in [0.15, 0.2) is 83.8 Å². The van der Waals surface area contributed by atoms with Crippen LogP contribution in [-0.4, -0.2) is 26.8 Å². The van der Waals surface area contributed by atoms with Gasteiger partial charge in [-0.15, -0.1) is 0 Å². The van der Waals surface area contributed by atoms with E-state index < -0.39 is 16.0 Å². The Labute approximate surface area is 191 Å². The molecule has 3 rings (SSSR count). The van der Waals surface area contributed by atoms with Crippen LogP contribution in [0.25, 0.3) is 0 Å². The fraction of sp³-hybridized carbons (Fsp3) is 0.130. The molecular formula is C23H21ClN2O5S. The van der Waals surface area contributed by atoms with Gasteiger partial charge in [-0.3, -0.25) is 9.59 Å². The van der Waals surface area contributed by atoms with Gasteiger partial charge >= 0.3 is 5.97 Å². The Kier molecular flexibility index (Phi) is 7.99. The smallest absolute Gasteiger partial charge is 0.307 e. The molecule has 0 aliphatic rings. The number of anilines is 1. The molecule has 0 spiro atoms. The molecule has 0 atom stereocenters. The number of para-hydroxylation sites is 1. The van der Waals surface area contributed by atoms with Gasteiger partial charge in [-0.2, -0.15) is 0 Å². The largest absolute Gasteiger partial charge is 0.461 e. The number of hydrogen-bond acceptors (Lipinski definition) is 5. The van der Waals surface area contributed by atoms with E-state index in [2.05, 4.69) is 10.0 Å². The molecule has 0 aliphatic heterocycles. The molecule has 0 heterocycles. The van der Waals surface area contributed by atoms with Crippen LogP contribution in [0.2, 0.25) is 5.02 Å². The number of amides is 1. The van der Waals surface area contributed by atoms with Gasteiger partial charge in [0.15, 0.2) is 0 Å². The molecule has 0 saturated heterocycles. The van der Waals surface area contributed by atoms with Gasteiger partial charge in [-0.25, -0.2) is 13.1 Å². The van der Waals surface area contributed by atoms with Crippen LogP contribution in [0.4, 0.5) is 5.69 Å². The van der Waals surface area contributed by atoms with Gasteiger partial charge < -0.3 is 10.1 Å². The highest BCUT2D eigenvalue weighted by Crippen LogP contribution is 2.15. The van der Waals surface area contributed by atoms with Crippen LogP contribution in [-0.2, 0) is 26.2 Å². The summed E-state index contributed by atoms with van der Waals surface area (Å²) in [6.07, 6.45) is -0.128. The lowest BCUT2D eigenvalue weighted by Crippen LogP contribution is -2.26. The molecule has 32 heavy (non-hydrogen) atoms. The number of carbonyl (C=O) groups excluding carboxylic acids is 2. The third-order valence-electron chi connectivity index (χ3n) is 4.38. The SMILES string of the molecule is O=C(CCNS(=O)(=O)c1cccc(Cl)c1)OCc1ccc(C(=O)Nc2ccccc2)cc1. The number of benzene rings is 3. The van der Waals surface area contributed by atoms with E-state index in [9.17, 15) is 18.0 Å². The highest BCUT2D eigenvalue weighted by Gasteiger charge is 2.15. The van der Waals surface area contributed by atoms with E-state index >= 15 is 0 Å². The lowest BCUT2D eigenvalue weighted by atomic mass is 10.1. The van der Waals surface area contributed by atoms with Crippen LogP contribution in [0.3, 0.4) is 0 Å². The minimum Gasteiger partial charge on any atom is -0.461 e. The van der Waals surface area contributed by atoms with E-state index in [1.54, 1.807) is 42.5 Å². The summed E-state index contributed by atoms with van der Waals surface area (Å²) in [5.74, 6) is -0.795. The van der Waals surface area contributed by atoms with Crippen molar-refractivity contribution in [1.82, 2.24) is 4.72 Å². The van der Waals surface area contributed by atoms with Crippen molar-refractivity contribution in [3.05, 3.63) is 95.0 Å². The predicted molar refractivity (Wildman–Crippen MR) is 122 cm³/mol. The third kappa shape index (κ3) is 6.91. The van der Waals surface area contributed by atoms with Crippen molar-refractivity contribution < 1.29 is 22.7 Å². The van der Waals surface area contributed by atoms with Crippen molar-refractivity contribution in [2.75, 3.05) is 11.9 Å². The van der Waals surface area contributed by atoms with Gasteiger partial charge in [0.25, 0.3) is 5.91 Å². The zero-order chi connectivity index (χ0) is 23.0. The van der Waals surface area contributed by atoms with E-state index in [-0.39, 0.29) is 30.4 Å². The highest BCUT2D eigenvalue weighted by atomic mass is 35.5. The second-order valence-corrected chi connectivity index (χ2v) is 8.99. The molecule has 2 N–H and O–H groups in total. The molecule has 9 heteroatoms. The predicted octanol–water partition coefficient (Wildman–Crippen LogP) is 4.00. The summed E-state index contributed by atoms with van der Waals surface area (Å²) in [6.45, 7) is -0.0905. The second-order valence-electron chi connectivity index (χ2n) is 6.78. The summed E-state index contributed by atoms with van der Waals surface area (Å²) >= 11 is 5.81. The Morgan fingerprint density at radius 3 is 2.31 bits per heavy atom. The van der Waals surface area contributed by atoms with Gasteiger partial charge in [-0.1, -0.05) is 48.0 Å². The van der Waals surface area contributed by atoms with Gasteiger partial charge in [0, 0.05) is 22.8 Å². The summed E-state index contributed by atoms with van der Waals surface area (Å²) < 4.78 is 31.9. The first-order chi connectivity index (χ1) is 15.3. The van der Waals surface area contributed by atoms with Crippen LogP contribution in [0.5, 0.6) is 0 Å².